The van der Waals surface area contributed by atoms with Crippen LogP contribution in [-0.4, -0.2) is 9.13 Å². The zero-order valence-electron chi connectivity index (χ0n) is 35.5. The number of fused-ring (bicyclic) bond motifs is 16. The van der Waals surface area contributed by atoms with Crippen LogP contribution in [0.25, 0.3) is 139 Å². The van der Waals surface area contributed by atoms with Crippen molar-refractivity contribution >= 4 is 128 Å². The third-order valence-electron chi connectivity index (χ3n) is 14.1. The molecule has 0 aliphatic rings. The molecule has 0 unspecified atom stereocenters. The van der Waals surface area contributed by atoms with Crippen LogP contribution < -0.4 is 0 Å². The van der Waals surface area contributed by atoms with E-state index in [1.165, 1.54) is 139 Å². The van der Waals surface area contributed by atoms with E-state index in [4.69, 9.17) is 0 Å². The largest absolute Gasteiger partial charge is 0.309 e. The van der Waals surface area contributed by atoms with Gasteiger partial charge in [-0.05, 0) is 129 Å². The lowest BCUT2D eigenvalue weighted by molar-refractivity contribution is 1.19. The van der Waals surface area contributed by atoms with Crippen molar-refractivity contribution in [2.24, 2.45) is 0 Å². The van der Waals surface area contributed by atoms with Gasteiger partial charge in [-0.25, -0.2) is 0 Å². The smallest absolute Gasteiger partial charge is 0.0548 e. The van der Waals surface area contributed by atoms with E-state index in [9.17, 15) is 0 Å². The molecule has 0 N–H and O–H groups in total. The van der Waals surface area contributed by atoms with E-state index in [1.54, 1.807) is 0 Å². The predicted octanol–water partition coefficient (Wildman–Crippen LogP) is 18.3. The summed E-state index contributed by atoms with van der Waals surface area (Å²) in [5.74, 6) is 0. The molecule has 66 heavy (non-hydrogen) atoms. The summed E-state index contributed by atoms with van der Waals surface area (Å²) in [6, 6.07) is 81.4. The maximum atomic E-state index is 2.47. The number of thiophene rings is 2. The zero-order chi connectivity index (χ0) is 43.0. The van der Waals surface area contributed by atoms with Crippen LogP contribution in [0, 0.1) is 0 Å². The minimum Gasteiger partial charge on any atom is -0.309 e. The van der Waals surface area contributed by atoms with Crippen LogP contribution in [-0.2, 0) is 0 Å². The van der Waals surface area contributed by atoms with Gasteiger partial charge < -0.3 is 9.13 Å². The standard InChI is InChI=1S/C62H36N2S2/c1-3-11-41-33-45(25-21-37(41)9-1)63-51-27-23-43(35-49(51)59-53(63)29-31-57-61(59)47-13-5-7-15-55(47)65-57)39-17-19-40(20-18-39)44-24-28-52-50(36-44)60-54(30-32-58-62(60)48-14-6-8-16-56(48)66-58)64(52)46-26-22-38-10-2-4-12-42(38)34-46/h1-36H. The van der Waals surface area contributed by atoms with E-state index in [0.717, 1.165) is 0 Å². The first kappa shape index (κ1) is 36.3. The average Bonchev–Trinajstić information content (AvgIpc) is 4.13. The molecule has 4 heteroatoms. The van der Waals surface area contributed by atoms with Crippen LogP contribution in [0.3, 0.4) is 0 Å². The summed E-state index contributed by atoms with van der Waals surface area (Å²) < 4.78 is 10.2. The SMILES string of the molecule is c1ccc2cc(-n3c4ccc(-c5ccc(-c6ccc7c(c6)c6c8c(ccc6n7-c6ccc7ccccc7c6)sc6ccccc68)cc5)cc4c4c5c(ccc43)sc3ccccc35)ccc2c1. The van der Waals surface area contributed by atoms with Gasteiger partial charge in [0.2, 0.25) is 0 Å². The molecular weight excluding hydrogens is 837 g/mol. The fourth-order valence-electron chi connectivity index (χ4n) is 11.1. The van der Waals surface area contributed by atoms with Gasteiger partial charge >= 0.3 is 0 Å². The van der Waals surface area contributed by atoms with E-state index in [-0.39, 0.29) is 0 Å². The Balaban J connectivity index is 0.900. The summed E-state index contributed by atoms with van der Waals surface area (Å²) in [6.45, 7) is 0. The highest BCUT2D eigenvalue weighted by atomic mass is 32.1. The molecule has 0 bridgehead atoms. The molecule has 0 spiro atoms. The first-order valence-corrected chi connectivity index (χ1v) is 24.2. The number of aromatic nitrogens is 2. The first-order chi connectivity index (χ1) is 32.7. The Labute approximate surface area is 387 Å². The van der Waals surface area contributed by atoms with Gasteiger partial charge in [0.15, 0.2) is 0 Å². The summed E-state index contributed by atoms with van der Waals surface area (Å²) >= 11 is 3.77. The van der Waals surface area contributed by atoms with E-state index < -0.39 is 0 Å². The molecule has 0 saturated heterocycles. The normalized spacial score (nSPS) is 12.2. The molecule has 2 nitrogen and oxygen atoms in total. The highest BCUT2D eigenvalue weighted by Gasteiger charge is 2.21. The average molecular weight is 873 g/mol. The Kier molecular flexibility index (Phi) is 7.57. The van der Waals surface area contributed by atoms with Crippen molar-refractivity contribution in [3.05, 3.63) is 218 Å². The maximum absolute atomic E-state index is 2.47. The topological polar surface area (TPSA) is 9.86 Å². The molecule has 4 aromatic heterocycles. The summed E-state index contributed by atoms with van der Waals surface area (Å²) in [5.41, 5.74) is 12.1. The van der Waals surface area contributed by atoms with Gasteiger partial charge in [-0.3, -0.25) is 0 Å². The Bertz CT molecular complexity index is 4230. The van der Waals surface area contributed by atoms with Crippen molar-refractivity contribution in [2.75, 3.05) is 0 Å². The number of nitrogens with zero attached hydrogens (tertiary/aromatic N) is 2. The molecule has 0 fully saturated rings. The molecule has 306 valence electrons. The van der Waals surface area contributed by atoms with E-state index >= 15 is 0 Å². The lowest BCUT2D eigenvalue weighted by atomic mass is 9.97. The Morgan fingerprint density at radius 3 is 1.11 bits per heavy atom. The van der Waals surface area contributed by atoms with Crippen molar-refractivity contribution in [1.82, 2.24) is 9.13 Å². The molecular formula is C62H36N2S2. The van der Waals surface area contributed by atoms with Gasteiger partial charge in [0.25, 0.3) is 0 Å². The number of hydrogen-bond acceptors (Lipinski definition) is 2. The minimum absolute atomic E-state index is 1.18. The van der Waals surface area contributed by atoms with Crippen LogP contribution in [0.2, 0.25) is 0 Å². The second-order valence-electron chi connectivity index (χ2n) is 17.6. The zero-order valence-corrected chi connectivity index (χ0v) is 37.1. The highest BCUT2D eigenvalue weighted by molar-refractivity contribution is 7.26. The van der Waals surface area contributed by atoms with Crippen LogP contribution in [0.1, 0.15) is 0 Å². The quantitative estimate of drug-likeness (QED) is 0.167. The lowest BCUT2D eigenvalue weighted by Gasteiger charge is -2.10. The Morgan fingerprint density at radius 2 is 0.636 bits per heavy atom. The van der Waals surface area contributed by atoms with E-state index in [1.807, 2.05) is 22.7 Å². The van der Waals surface area contributed by atoms with Gasteiger partial charge in [0, 0.05) is 73.3 Å². The van der Waals surface area contributed by atoms with Crippen LogP contribution in [0.4, 0.5) is 0 Å². The highest BCUT2D eigenvalue weighted by Crippen LogP contribution is 2.47. The fraction of sp³-hybridized carbons (Fsp3) is 0. The molecule has 4 heterocycles. The van der Waals surface area contributed by atoms with Crippen molar-refractivity contribution in [1.29, 1.82) is 0 Å². The first-order valence-electron chi connectivity index (χ1n) is 22.6. The molecule has 11 aromatic carbocycles. The van der Waals surface area contributed by atoms with Gasteiger partial charge in [-0.1, -0.05) is 133 Å². The van der Waals surface area contributed by atoms with Crippen LogP contribution in [0.15, 0.2) is 218 Å². The number of benzene rings is 11. The molecule has 0 atom stereocenters. The van der Waals surface area contributed by atoms with Crippen molar-refractivity contribution in [3.63, 3.8) is 0 Å². The second kappa shape index (κ2) is 13.7. The Hall–Kier alpha value is -8.02. The third-order valence-corrected chi connectivity index (χ3v) is 16.3. The van der Waals surface area contributed by atoms with E-state index in [2.05, 4.69) is 228 Å². The fourth-order valence-corrected chi connectivity index (χ4v) is 13.3. The van der Waals surface area contributed by atoms with Crippen LogP contribution >= 0.6 is 22.7 Å². The van der Waals surface area contributed by atoms with Crippen molar-refractivity contribution < 1.29 is 0 Å². The van der Waals surface area contributed by atoms with Crippen molar-refractivity contribution in [2.45, 2.75) is 0 Å². The molecule has 0 radical (unpaired) electrons. The van der Waals surface area contributed by atoms with Gasteiger partial charge in [0.1, 0.15) is 0 Å². The van der Waals surface area contributed by atoms with Gasteiger partial charge in [-0.2, -0.15) is 0 Å². The lowest BCUT2D eigenvalue weighted by Crippen LogP contribution is -1.94. The Morgan fingerprint density at radius 1 is 0.242 bits per heavy atom. The van der Waals surface area contributed by atoms with E-state index in [0.29, 0.717) is 0 Å². The summed E-state index contributed by atoms with van der Waals surface area (Å²) in [6.07, 6.45) is 0. The monoisotopic (exact) mass is 872 g/mol. The van der Waals surface area contributed by atoms with Gasteiger partial charge in [0.05, 0.1) is 22.1 Å². The third kappa shape index (κ3) is 5.22. The maximum Gasteiger partial charge on any atom is 0.0548 e. The summed E-state index contributed by atoms with van der Waals surface area (Å²) in [4.78, 5) is 0. The molecule has 0 aliphatic carbocycles. The minimum atomic E-state index is 1.18. The predicted molar refractivity (Wildman–Crippen MR) is 287 cm³/mol. The van der Waals surface area contributed by atoms with Gasteiger partial charge in [-0.15, -0.1) is 22.7 Å². The molecule has 0 amide bonds. The molecule has 15 aromatic rings. The summed E-state index contributed by atoms with van der Waals surface area (Å²) in [5, 5.41) is 15.5. The molecule has 15 rings (SSSR count). The van der Waals surface area contributed by atoms with Crippen LogP contribution in [0.5, 0.6) is 0 Å². The van der Waals surface area contributed by atoms with Crippen molar-refractivity contribution in [3.8, 4) is 33.6 Å². The summed E-state index contributed by atoms with van der Waals surface area (Å²) in [7, 11) is 0. The molecule has 0 saturated carbocycles. The number of rotatable bonds is 4. The molecule has 0 aliphatic heterocycles. The number of hydrogen-bond donors (Lipinski definition) is 0. The second-order valence-corrected chi connectivity index (χ2v) is 19.8.